The van der Waals surface area contributed by atoms with Crippen LogP contribution in [0.2, 0.25) is 0 Å². The predicted molar refractivity (Wildman–Crippen MR) is 60.3 cm³/mol. The van der Waals surface area contributed by atoms with Gasteiger partial charge in [0.2, 0.25) is 0 Å². The lowest BCUT2D eigenvalue weighted by atomic mass is 10.0. The topological polar surface area (TPSA) is 39.2 Å². The second-order valence-corrected chi connectivity index (χ2v) is 4.63. The average Bonchev–Trinajstić information content (AvgIpc) is 2.67. The molecule has 3 aliphatic rings. The number of hydrogen-bond donors (Lipinski definition) is 1. The molecule has 1 aliphatic heterocycles. The lowest BCUT2D eigenvalue weighted by molar-refractivity contribution is 0.0947. The summed E-state index contributed by atoms with van der Waals surface area (Å²) < 4.78 is 32.6. The van der Waals surface area contributed by atoms with Gasteiger partial charge in [-0.05, 0) is 36.2 Å². The van der Waals surface area contributed by atoms with E-state index in [4.69, 9.17) is 10.2 Å². The summed E-state index contributed by atoms with van der Waals surface area (Å²) in [5.74, 6) is -3.48. The van der Waals surface area contributed by atoms with Gasteiger partial charge in [0.1, 0.15) is 5.76 Å². The third-order valence-electron chi connectivity index (χ3n) is 3.63. The zero-order chi connectivity index (χ0) is 12.2. The molecule has 2 atom stereocenters. The smallest absolute Gasteiger partial charge is 0.260 e. The molecule has 2 N–H and O–H groups in total. The minimum absolute atomic E-state index is 0.0216. The van der Waals surface area contributed by atoms with E-state index >= 15 is 0 Å². The molecule has 2 aliphatic carbocycles. The molecule has 0 aromatic rings. The Morgan fingerprint density at radius 2 is 2.24 bits per heavy atom. The Balaban J connectivity index is 2.11. The summed E-state index contributed by atoms with van der Waals surface area (Å²) in [6.45, 7) is 1.86. The Morgan fingerprint density at radius 3 is 2.88 bits per heavy atom. The molecule has 0 aromatic carbocycles. The number of rotatable bonds is 2. The van der Waals surface area contributed by atoms with Gasteiger partial charge in [0.25, 0.3) is 5.92 Å². The maximum atomic E-state index is 13.6. The van der Waals surface area contributed by atoms with Crippen LogP contribution in [0.15, 0.2) is 28.9 Å². The van der Waals surface area contributed by atoms with Crippen molar-refractivity contribution in [1.29, 1.82) is 0 Å². The van der Waals surface area contributed by atoms with Crippen LogP contribution in [0.25, 0.3) is 11.3 Å². The number of nitrogens with two attached hydrogens (primary N) is 1. The third-order valence-corrected chi connectivity index (χ3v) is 3.63. The van der Waals surface area contributed by atoms with Gasteiger partial charge < -0.3 is 10.2 Å². The molecule has 0 aromatic heterocycles. The summed E-state index contributed by atoms with van der Waals surface area (Å²) in [5.41, 5.74) is 7.74. The number of fused-ring (bicyclic) bond motifs is 1. The van der Waals surface area contributed by atoms with Crippen LogP contribution in [0.1, 0.15) is 17.0 Å². The highest BCUT2D eigenvalue weighted by molar-refractivity contribution is 5.71. The van der Waals surface area contributed by atoms with Crippen LogP contribution in [0, 0.1) is 12.8 Å². The van der Waals surface area contributed by atoms with Crippen molar-refractivity contribution in [3.05, 3.63) is 35.6 Å². The van der Waals surface area contributed by atoms with Gasteiger partial charge in [-0.2, -0.15) is 0 Å². The van der Waals surface area contributed by atoms with Crippen molar-refractivity contribution >= 4 is 0 Å². The summed E-state index contributed by atoms with van der Waals surface area (Å²) in [7, 11) is 0. The van der Waals surface area contributed by atoms with Crippen molar-refractivity contribution in [2.45, 2.75) is 18.8 Å². The number of halogens is 2. The first-order chi connectivity index (χ1) is 8.07. The van der Waals surface area contributed by atoms with Crippen molar-refractivity contribution in [1.82, 2.24) is 0 Å². The summed E-state index contributed by atoms with van der Waals surface area (Å²) in [6.07, 6.45) is 1.55. The van der Waals surface area contributed by atoms with Gasteiger partial charge in [-0.15, -0.1) is 0 Å². The van der Waals surface area contributed by atoms with Gasteiger partial charge in [0, 0.05) is 18.0 Å². The molecule has 0 saturated heterocycles. The van der Waals surface area contributed by atoms with Crippen molar-refractivity contribution < 1.29 is 13.2 Å². The van der Waals surface area contributed by atoms with Crippen LogP contribution in [0.5, 0.6) is 0 Å². The Kier molecular flexibility index (Phi) is 2.08. The zero-order valence-electron chi connectivity index (χ0n) is 9.41. The fourth-order valence-corrected chi connectivity index (χ4v) is 2.70. The highest BCUT2D eigenvalue weighted by Gasteiger charge is 2.68. The molecule has 4 heteroatoms. The van der Waals surface area contributed by atoms with E-state index in [-0.39, 0.29) is 6.54 Å². The molecule has 0 spiro atoms. The van der Waals surface area contributed by atoms with Crippen LogP contribution in [0.3, 0.4) is 0 Å². The summed E-state index contributed by atoms with van der Waals surface area (Å²) in [5, 5.41) is 0. The van der Waals surface area contributed by atoms with Crippen molar-refractivity contribution in [2.24, 2.45) is 11.7 Å². The lowest BCUT2D eigenvalue weighted by Gasteiger charge is -2.03. The van der Waals surface area contributed by atoms with Gasteiger partial charge in [-0.3, -0.25) is 0 Å². The first-order valence-corrected chi connectivity index (χ1v) is 5.62. The van der Waals surface area contributed by atoms with Gasteiger partial charge >= 0.3 is 0 Å². The second kappa shape index (κ2) is 3.29. The van der Waals surface area contributed by atoms with Gasteiger partial charge in [-0.1, -0.05) is 0 Å². The quantitative estimate of drug-likeness (QED) is 0.872. The monoisotopic (exact) mass is 237 g/mol. The highest BCUT2D eigenvalue weighted by atomic mass is 19.3. The van der Waals surface area contributed by atoms with Crippen molar-refractivity contribution in [2.75, 3.05) is 6.54 Å². The third kappa shape index (κ3) is 1.33. The fourth-order valence-electron chi connectivity index (χ4n) is 2.70. The molecule has 0 radical (unpaired) electrons. The van der Waals surface area contributed by atoms with Crippen LogP contribution in [-0.4, -0.2) is 12.5 Å². The average molecular weight is 237 g/mol. The molecule has 17 heavy (non-hydrogen) atoms. The first kappa shape index (κ1) is 10.7. The Morgan fingerprint density at radius 1 is 1.47 bits per heavy atom. The predicted octanol–water partition coefficient (Wildman–Crippen LogP) is 3.00. The van der Waals surface area contributed by atoms with Crippen LogP contribution < -0.4 is 5.73 Å². The van der Waals surface area contributed by atoms with Gasteiger partial charge in [0.15, 0.2) is 0 Å². The fraction of sp³-hybridized carbons (Fsp3) is 0.385. The van der Waals surface area contributed by atoms with E-state index in [9.17, 15) is 8.78 Å². The van der Waals surface area contributed by atoms with E-state index in [2.05, 4.69) is 0 Å². The maximum Gasteiger partial charge on any atom is 0.260 e. The van der Waals surface area contributed by atoms with E-state index in [1.54, 1.807) is 12.3 Å². The zero-order valence-corrected chi connectivity index (χ0v) is 9.41. The minimum atomic E-state index is -2.67. The van der Waals surface area contributed by atoms with E-state index < -0.39 is 17.8 Å². The van der Waals surface area contributed by atoms with Gasteiger partial charge in [-0.25, -0.2) is 8.78 Å². The number of aryl methyl sites for hydroxylation is 1. The van der Waals surface area contributed by atoms with Crippen molar-refractivity contribution in [3.8, 4) is 11.3 Å². The number of alkyl halides is 2. The molecule has 0 amide bonds. The molecule has 2 unspecified atom stereocenters. The van der Waals surface area contributed by atoms with E-state index in [0.29, 0.717) is 11.3 Å². The van der Waals surface area contributed by atoms with E-state index in [1.807, 2.05) is 19.1 Å². The molecule has 3 rings (SSSR count). The van der Waals surface area contributed by atoms with E-state index in [0.717, 1.165) is 11.1 Å². The summed E-state index contributed by atoms with van der Waals surface area (Å²) in [4.78, 5) is 0. The lowest BCUT2D eigenvalue weighted by Crippen LogP contribution is -2.06. The number of hydrogen-bond acceptors (Lipinski definition) is 2. The largest absolute Gasteiger partial charge is 0.464 e. The first-order valence-electron chi connectivity index (χ1n) is 5.62. The molecule has 90 valence electrons. The molecule has 2 nitrogen and oxygen atoms in total. The summed E-state index contributed by atoms with van der Waals surface area (Å²) in [6, 6.07) is 5.36. The standard InChI is InChI=1S/C13H13F2NO/c1-7-5-10-8(3-2-4-17-10)11(7)12-9(6-16)13(12,14)15/h2-5,9,12H,6,16H2,1H3. The highest BCUT2D eigenvalue weighted by Crippen LogP contribution is 2.63. The van der Waals surface area contributed by atoms with E-state index in [1.165, 1.54) is 0 Å². The molecule has 1 saturated carbocycles. The Labute approximate surface area is 97.8 Å². The van der Waals surface area contributed by atoms with Gasteiger partial charge in [0.05, 0.1) is 12.2 Å². The summed E-state index contributed by atoms with van der Waals surface area (Å²) >= 11 is 0. The van der Waals surface area contributed by atoms with Crippen LogP contribution in [-0.2, 0) is 0 Å². The van der Waals surface area contributed by atoms with Crippen LogP contribution in [0.4, 0.5) is 8.78 Å². The SMILES string of the molecule is Cc1cc2occcc-2c1C1C(CN)C1(F)F. The Bertz CT molecular complexity index is 534. The molecular weight excluding hydrogens is 224 g/mol. The second-order valence-electron chi connectivity index (χ2n) is 4.63. The minimum Gasteiger partial charge on any atom is -0.464 e. The molecule has 1 heterocycles. The molecule has 1 fully saturated rings. The van der Waals surface area contributed by atoms with Crippen LogP contribution >= 0.6 is 0 Å². The molecule has 0 bridgehead atoms. The maximum absolute atomic E-state index is 13.6. The normalized spacial score (nSPS) is 26.4. The van der Waals surface area contributed by atoms with Crippen molar-refractivity contribution in [3.63, 3.8) is 0 Å². The molecular formula is C13H13F2NO. The Hall–Kier alpha value is -1.42.